The number of ether oxygens (including phenoxy) is 1. The molecule has 27 heavy (non-hydrogen) atoms. The molecule has 1 heterocycles. The summed E-state index contributed by atoms with van der Waals surface area (Å²) in [5, 5.41) is 2.72. The number of benzene rings is 1. The zero-order valence-electron chi connectivity index (χ0n) is 15.8. The van der Waals surface area contributed by atoms with E-state index in [1.165, 1.54) is 6.07 Å². The van der Waals surface area contributed by atoms with Crippen molar-refractivity contribution in [2.45, 2.75) is 39.0 Å². The summed E-state index contributed by atoms with van der Waals surface area (Å²) in [4.78, 5) is 16.1. The minimum Gasteiger partial charge on any atom is -0.441 e. The van der Waals surface area contributed by atoms with Crippen molar-refractivity contribution in [2.75, 3.05) is 18.9 Å². The Morgan fingerprint density at radius 3 is 2.81 bits per heavy atom. The average Bonchev–Trinajstić information content (AvgIpc) is 2.95. The standard InChI is InChI=1S/C19H25FN2O4S/c1-13(2)25-10-6-9-21-18(23)12-27(24)11-17-14(3)26-19(22-17)15-7-4-5-8-16(15)20/h4-5,7-8,13H,6,9-12H2,1-3H3,(H,21,23)/t27-/m0/s1. The molecule has 0 fully saturated rings. The van der Waals surface area contributed by atoms with E-state index in [1.807, 2.05) is 13.8 Å². The molecule has 0 aliphatic heterocycles. The predicted octanol–water partition coefficient (Wildman–Crippen LogP) is 2.97. The third kappa shape index (κ3) is 6.88. The summed E-state index contributed by atoms with van der Waals surface area (Å²) in [5.74, 6) is -0.152. The van der Waals surface area contributed by atoms with E-state index in [0.29, 0.717) is 31.0 Å². The number of nitrogens with zero attached hydrogens (tertiary/aromatic N) is 1. The molecule has 1 amide bonds. The fourth-order valence-electron chi connectivity index (χ4n) is 2.33. The third-order valence-electron chi connectivity index (χ3n) is 3.68. The lowest BCUT2D eigenvalue weighted by molar-refractivity contribution is -0.118. The summed E-state index contributed by atoms with van der Waals surface area (Å²) >= 11 is 0. The lowest BCUT2D eigenvalue weighted by Gasteiger charge is -2.08. The van der Waals surface area contributed by atoms with Gasteiger partial charge in [0.25, 0.3) is 0 Å². The van der Waals surface area contributed by atoms with Gasteiger partial charge >= 0.3 is 0 Å². The first-order chi connectivity index (χ1) is 12.9. The van der Waals surface area contributed by atoms with Gasteiger partial charge in [0, 0.05) is 24.0 Å². The van der Waals surface area contributed by atoms with Gasteiger partial charge in [0.15, 0.2) is 0 Å². The number of carbonyl (C=O) groups excluding carboxylic acids is 1. The Balaban J connectivity index is 1.84. The molecule has 8 heteroatoms. The molecular weight excluding hydrogens is 371 g/mol. The van der Waals surface area contributed by atoms with Crippen molar-refractivity contribution in [3.8, 4) is 11.5 Å². The van der Waals surface area contributed by atoms with Crippen molar-refractivity contribution in [3.63, 3.8) is 0 Å². The van der Waals surface area contributed by atoms with Crippen LogP contribution in [-0.4, -0.2) is 40.1 Å². The number of oxazole rings is 1. The largest absolute Gasteiger partial charge is 0.441 e. The Morgan fingerprint density at radius 2 is 2.11 bits per heavy atom. The summed E-state index contributed by atoms with van der Waals surface area (Å²) in [7, 11) is -1.43. The van der Waals surface area contributed by atoms with Crippen molar-refractivity contribution in [2.24, 2.45) is 0 Å². The number of aromatic nitrogens is 1. The molecule has 6 nitrogen and oxygen atoms in total. The maximum Gasteiger partial charge on any atom is 0.232 e. The van der Waals surface area contributed by atoms with E-state index in [1.54, 1.807) is 25.1 Å². The Labute approximate surface area is 161 Å². The molecule has 0 spiro atoms. The van der Waals surface area contributed by atoms with Crippen molar-refractivity contribution >= 4 is 16.7 Å². The molecule has 1 aromatic carbocycles. The van der Waals surface area contributed by atoms with E-state index in [0.717, 1.165) is 0 Å². The Bertz CT molecular complexity index is 792. The molecule has 1 N–H and O–H groups in total. The molecule has 0 aliphatic carbocycles. The Hall–Kier alpha value is -2.06. The van der Waals surface area contributed by atoms with E-state index in [2.05, 4.69) is 10.3 Å². The summed E-state index contributed by atoms with van der Waals surface area (Å²) in [6.45, 7) is 6.62. The van der Waals surface area contributed by atoms with Crippen LogP contribution in [0.2, 0.25) is 0 Å². The van der Waals surface area contributed by atoms with E-state index >= 15 is 0 Å². The Kier molecular flexibility index (Phi) is 8.12. The lowest BCUT2D eigenvalue weighted by Crippen LogP contribution is -2.30. The van der Waals surface area contributed by atoms with Crippen LogP contribution in [0.5, 0.6) is 0 Å². The topological polar surface area (TPSA) is 81.4 Å². The van der Waals surface area contributed by atoms with Crippen molar-refractivity contribution in [1.29, 1.82) is 0 Å². The van der Waals surface area contributed by atoms with E-state index in [4.69, 9.17) is 9.15 Å². The monoisotopic (exact) mass is 396 g/mol. The molecule has 0 saturated carbocycles. The second-order valence-corrected chi connectivity index (χ2v) is 7.81. The van der Waals surface area contributed by atoms with Crippen LogP contribution in [0.3, 0.4) is 0 Å². The zero-order valence-corrected chi connectivity index (χ0v) is 16.6. The van der Waals surface area contributed by atoms with Crippen LogP contribution in [0, 0.1) is 12.7 Å². The van der Waals surface area contributed by atoms with E-state index in [9.17, 15) is 13.4 Å². The van der Waals surface area contributed by atoms with Gasteiger partial charge in [-0.05, 0) is 39.3 Å². The van der Waals surface area contributed by atoms with Crippen LogP contribution >= 0.6 is 0 Å². The quantitative estimate of drug-likeness (QED) is 0.625. The summed E-state index contributed by atoms with van der Waals surface area (Å²) in [6, 6.07) is 6.16. The molecule has 0 saturated heterocycles. The molecule has 0 aliphatic rings. The van der Waals surface area contributed by atoms with Crippen LogP contribution in [0.25, 0.3) is 11.5 Å². The first-order valence-electron chi connectivity index (χ1n) is 8.81. The van der Waals surface area contributed by atoms with Gasteiger partial charge in [-0.15, -0.1) is 0 Å². The maximum absolute atomic E-state index is 13.8. The molecular formula is C19H25FN2O4S. The molecule has 0 radical (unpaired) electrons. The van der Waals surface area contributed by atoms with Gasteiger partial charge < -0.3 is 14.5 Å². The predicted molar refractivity (Wildman–Crippen MR) is 102 cm³/mol. The number of nitrogens with one attached hydrogen (secondary N) is 1. The fourth-order valence-corrected chi connectivity index (χ4v) is 3.40. The van der Waals surface area contributed by atoms with Crippen molar-refractivity contribution in [3.05, 3.63) is 41.5 Å². The number of hydrogen-bond donors (Lipinski definition) is 1. The van der Waals surface area contributed by atoms with Crippen molar-refractivity contribution < 1.29 is 22.5 Å². The van der Waals surface area contributed by atoms with Crippen LogP contribution < -0.4 is 5.32 Å². The van der Waals surface area contributed by atoms with Gasteiger partial charge in [0.1, 0.15) is 17.3 Å². The van der Waals surface area contributed by atoms with Crippen LogP contribution in [-0.2, 0) is 26.1 Å². The third-order valence-corrected chi connectivity index (χ3v) is 4.86. The van der Waals surface area contributed by atoms with Gasteiger partial charge in [0.05, 0.1) is 23.1 Å². The summed E-state index contributed by atoms with van der Waals surface area (Å²) in [5.41, 5.74) is 0.712. The number of carbonyl (C=O) groups is 1. The van der Waals surface area contributed by atoms with Gasteiger partial charge in [-0.2, -0.15) is 0 Å². The van der Waals surface area contributed by atoms with E-state index < -0.39 is 16.6 Å². The molecule has 148 valence electrons. The maximum atomic E-state index is 13.8. The number of halogens is 1. The summed E-state index contributed by atoms with van der Waals surface area (Å²) < 4.78 is 37.0. The molecule has 1 aromatic heterocycles. The number of hydrogen-bond acceptors (Lipinski definition) is 5. The molecule has 0 bridgehead atoms. The first kappa shape index (κ1) is 21.2. The number of rotatable bonds is 10. The fraction of sp³-hybridized carbons (Fsp3) is 0.474. The molecule has 2 rings (SSSR count). The van der Waals surface area contributed by atoms with Crippen LogP contribution in [0.1, 0.15) is 31.7 Å². The SMILES string of the molecule is Cc1oc(-c2ccccc2F)nc1C[S@](=O)CC(=O)NCCCOC(C)C. The molecule has 0 unspecified atom stereocenters. The van der Waals surface area contributed by atoms with Gasteiger partial charge in [0.2, 0.25) is 11.8 Å². The highest BCUT2D eigenvalue weighted by atomic mass is 32.2. The van der Waals surface area contributed by atoms with Gasteiger partial charge in [-0.25, -0.2) is 9.37 Å². The van der Waals surface area contributed by atoms with Gasteiger partial charge in [-0.3, -0.25) is 9.00 Å². The molecule has 1 atom stereocenters. The highest BCUT2D eigenvalue weighted by Gasteiger charge is 2.17. The van der Waals surface area contributed by atoms with Crippen LogP contribution in [0.15, 0.2) is 28.7 Å². The van der Waals surface area contributed by atoms with E-state index in [-0.39, 0.29) is 35.0 Å². The van der Waals surface area contributed by atoms with Crippen LogP contribution in [0.4, 0.5) is 4.39 Å². The minimum absolute atomic E-state index is 0.0771. The van der Waals surface area contributed by atoms with Crippen molar-refractivity contribution in [1.82, 2.24) is 10.3 Å². The Morgan fingerprint density at radius 1 is 1.37 bits per heavy atom. The smallest absolute Gasteiger partial charge is 0.232 e. The lowest BCUT2D eigenvalue weighted by atomic mass is 10.2. The van der Waals surface area contributed by atoms with Gasteiger partial charge in [-0.1, -0.05) is 12.1 Å². The highest BCUT2D eigenvalue weighted by Crippen LogP contribution is 2.24. The zero-order chi connectivity index (χ0) is 19.8. The second-order valence-electron chi connectivity index (χ2n) is 6.35. The highest BCUT2D eigenvalue weighted by molar-refractivity contribution is 7.84. The summed E-state index contributed by atoms with van der Waals surface area (Å²) in [6.07, 6.45) is 0.860. The minimum atomic E-state index is -1.43. The number of amides is 1. The normalized spacial score (nSPS) is 12.3. The number of aryl methyl sites for hydroxylation is 1. The molecule has 2 aromatic rings. The first-order valence-corrected chi connectivity index (χ1v) is 10.3. The average molecular weight is 396 g/mol. The second kappa shape index (κ2) is 10.3.